The van der Waals surface area contributed by atoms with Crippen molar-refractivity contribution in [2.24, 2.45) is 17.8 Å². The maximum absolute atomic E-state index is 13.6. The molecule has 1 saturated carbocycles. The van der Waals surface area contributed by atoms with Crippen molar-refractivity contribution in [1.29, 1.82) is 0 Å². The van der Waals surface area contributed by atoms with E-state index >= 15 is 0 Å². The second-order valence-electron chi connectivity index (χ2n) is 10.4. The van der Waals surface area contributed by atoms with Crippen LogP contribution in [0.4, 0.5) is 8.78 Å². The van der Waals surface area contributed by atoms with Crippen molar-refractivity contribution < 1.29 is 18.4 Å². The highest BCUT2D eigenvalue weighted by Crippen LogP contribution is 2.32. The Morgan fingerprint density at radius 3 is 2.53 bits per heavy atom. The molecule has 4 aliphatic rings. The van der Waals surface area contributed by atoms with Crippen molar-refractivity contribution in [3.8, 4) is 0 Å². The maximum atomic E-state index is 13.6. The molecule has 0 radical (unpaired) electrons. The van der Waals surface area contributed by atoms with E-state index in [4.69, 9.17) is 0 Å². The van der Waals surface area contributed by atoms with E-state index in [1.54, 1.807) is 0 Å². The number of likely N-dealkylation sites (tertiary alicyclic amines) is 1. The second kappa shape index (κ2) is 11.2. The zero-order valence-electron chi connectivity index (χ0n) is 19.2. The van der Waals surface area contributed by atoms with Gasteiger partial charge in [-0.15, -0.1) is 0 Å². The molecule has 3 heterocycles. The summed E-state index contributed by atoms with van der Waals surface area (Å²) in [4.78, 5) is 27.0. The third-order valence-corrected chi connectivity index (χ3v) is 8.18. The van der Waals surface area contributed by atoms with Crippen LogP contribution in [0.1, 0.15) is 64.2 Å². The molecule has 0 aromatic carbocycles. The summed E-state index contributed by atoms with van der Waals surface area (Å²) < 4.78 is 27.0. The third-order valence-electron chi connectivity index (χ3n) is 8.18. The zero-order chi connectivity index (χ0) is 22.5. The third kappa shape index (κ3) is 5.99. The van der Waals surface area contributed by atoms with Crippen LogP contribution in [0, 0.1) is 17.8 Å². The molecule has 3 aliphatic heterocycles. The molecule has 3 N–H and O–H groups in total. The van der Waals surface area contributed by atoms with Crippen molar-refractivity contribution >= 4 is 11.8 Å². The minimum absolute atomic E-state index is 0.0249. The van der Waals surface area contributed by atoms with Gasteiger partial charge in [0.1, 0.15) is 12.3 Å². The molecule has 6 atom stereocenters. The van der Waals surface area contributed by atoms with Crippen LogP contribution in [0.5, 0.6) is 0 Å². The number of nitrogens with zero attached hydrogens (tertiary/aromatic N) is 1. The number of amides is 2. The van der Waals surface area contributed by atoms with Crippen molar-refractivity contribution in [3.05, 3.63) is 0 Å². The first-order valence-corrected chi connectivity index (χ1v) is 12.8. The lowest BCUT2D eigenvalue weighted by atomic mass is 9.84. The fourth-order valence-electron chi connectivity index (χ4n) is 6.10. The Balaban J connectivity index is 1.06. The Hall–Kier alpha value is -1.28. The summed E-state index contributed by atoms with van der Waals surface area (Å²) in [5, 5.41) is 10.0. The van der Waals surface area contributed by atoms with E-state index in [-0.39, 0.29) is 36.6 Å². The average Bonchev–Trinajstić information content (AvgIpc) is 3.25. The van der Waals surface area contributed by atoms with Gasteiger partial charge in [0.15, 0.2) is 0 Å². The van der Waals surface area contributed by atoms with Gasteiger partial charge in [-0.3, -0.25) is 9.59 Å². The molecule has 4 rings (SSSR count). The monoisotopic (exact) mass is 454 g/mol. The molecule has 4 fully saturated rings. The van der Waals surface area contributed by atoms with E-state index in [1.807, 2.05) is 4.90 Å². The highest BCUT2D eigenvalue weighted by Gasteiger charge is 2.38. The van der Waals surface area contributed by atoms with Crippen LogP contribution in [0.3, 0.4) is 0 Å². The molecule has 0 aromatic heterocycles. The Labute approximate surface area is 190 Å². The summed E-state index contributed by atoms with van der Waals surface area (Å²) in [6.45, 7) is 4.24. The molecular weight excluding hydrogens is 414 g/mol. The van der Waals surface area contributed by atoms with Crippen LogP contribution in [-0.4, -0.2) is 73.9 Å². The van der Waals surface area contributed by atoms with E-state index in [1.165, 1.54) is 0 Å². The number of hydrogen-bond donors (Lipinski definition) is 3. The molecule has 0 aromatic rings. The largest absolute Gasteiger partial charge is 0.355 e. The Bertz CT molecular complexity index is 629. The summed E-state index contributed by atoms with van der Waals surface area (Å²) >= 11 is 0. The standard InChI is InChI=1S/C24H40F2N4O2/c25-19-5-4-17(13-20(19)26)24(32)30-11-7-16(8-12-30)3-1-2-9-28-23(31)22-14-18-15-27-10-6-21(18)29-22/h16-22,27,29H,1-15H2,(H,28,31). The fraction of sp³-hybridized carbons (Fsp3) is 0.917. The van der Waals surface area contributed by atoms with Crippen LogP contribution in [-0.2, 0) is 9.59 Å². The maximum Gasteiger partial charge on any atom is 0.237 e. The van der Waals surface area contributed by atoms with Crippen LogP contribution >= 0.6 is 0 Å². The predicted molar refractivity (Wildman–Crippen MR) is 120 cm³/mol. The van der Waals surface area contributed by atoms with Crippen LogP contribution in [0.2, 0.25) is 0 Å². The van der Waals surface area contributed by atoms with Crippen LogP contribution in [0.25, 0.3) is 0 Å². The van der Waals surface area contributed by atoms with Crippen molar-refractivity contribution in [3.63, 3.8) is 0 Å². The van der Waals surface area contributed by atoms with Crippen LogP contribution in [0.15, 0.2) is 0 Å². The summed E-state index contributed by atoms with van der Waals surface area (Å²) in [5.74, 6) is 1.01. The van der Waals surface area contributed by atoms with Gasteiger partial charge in [0.2, 0.25) is 11.8 Å². The van der Waals surface area contributed by atoms with Gasteiger partial charge in [0.25, 0.3) is 0 Å². The van der Waals surface area contributed by atoms with Gasteiger partial charge < -0.3 is 20.9 Å². The first-order valence-electron chi connectivity index (χ1n) is 12.8. The van der Waals surface area contributed by atoms with Crippen LogP contribution < -0.4 is 16.0 Å². The lowest BCUT2D eigenvalue weighted by Crippen LogP contribution is -2.45. The lowest BCUT2D eigenvalue weighted by molar-refractivity contribution is -0.139. The van der Waals surface area contributed by atoms with Gasteiger partial charge in [-0.05, 0) is 76.3 Å². The quantitative estimate of drug-likeness (QED) is 0.517. The molecule has 6 nitrogen and oxygen atoms in total. The molecule has 1 aliphatic carbocycles. The van der Waals surface area contributed by atoms with E-state index < -0.39 is 12.3 Å². The number of carbonyl (C=O) groups excluding carboxylic acids is 2. The van der Waals surface area contributed by atoms with Crippen molar-refractivity contribution in [1.82, 2.24) is 20.9 Å². The van der Waals surface area contributed by atoms with E-state index in [0.29, 0.717) is 24.3 Å². The number of carbonyl (C=O) groups is 2. The van der Waals surface area contributed by atoms with Gasteiger partial charge in [-0.2, -0.15) is 0 Å². The number of nitrogens with one attached hydrogen (secondary N) is 3. The highest BCUT2D eigenvalue weighted by atomic mass is 19.2. The van der Waals surface area contributed by atoms with Gasteiger partial charge in [-0.1, -0.05) is 12.8 Å². The summed E-state index contributed by atoms with van der Waals surface area (Å²) in [6, 6.07) is 0.446. The molecule has 0 bridgehead atoms. The number of hydrogen-bond acceptors (Lipinski definition) is 4. The van der Waals surface area contributed by atoms with E-state index in [9.17, 15) is 18.4 Å². The number of unbranched alkanes of at least 4 members (excludes halogenated alkanes) is 1. The summed E-state index contributed by atoms with van der Waals surface area (Å²) in [5.41, 5.74) is 0. The molecule has 182 valence electrons. The lowest BCUT2D eigenvalue weighted by Gasteiger charge is -2.36. The molecule has 3 saturated heterocycles. The van der Waals surface area contributed by atoms with Gasteiger partial charge >= 0.3 is 0 Å². The molecule has 8 heteroatoms. The molecule has 32 heavy (non-hydrogen) atoms. The Morgan fingerprint density at radius 1 is 0.969 bits per heavy atom. The predicted octanol–water partition coefficient (Wildman–Crippen LogP) is 2.33. The number of piperidine rings is 2. The SMILES string of the molecule is O=C(NCCCCC1CCN(C(=O)C2CCC(F)C(F)C2)CC1)C1CC2CNCCC2N1. The van der Waals surface area contributed by atoms with E-state index in [2.05, 4.69) is 16.0 Å². The van der Waals surface area contributed by atoms with Gasteiger partial charge in [0.05, 0.1) is 6.04 Å². The molecule has 0 spiro atoms. The average molecular weight is 455 g/mol. The van der Waals surface area contributed by atoms with Gasteiger partial charge in [0, 0.05) is 31.6 Å². The minimum atomic E-state index is -1.48. The first kappa shape index (κ1) is 23.9. The minimum Gasteiger partial charge on any atom is -0.355 e. The smallest absolute Gasteiger partial charge is 0.237 e. The second-order valence-corrected chi connectivity index (χ2v) is 10.4. The highest BCUT2D eigenvalue weighted by molar-refractivity contribution is 5.82. The number of halogens is 2. The number of alkyl halides is 2. The van der Waals surface area contributed by atoms with E-state index in [0.717, 1.165) is 77.7 Å². The molecule has 2 amide bonds. The van der Waals surface area contributed by atoms with Gasteiger partial charge in [-0.25, -0.2) is 8.78 Å². The Kier molecular flexibility index (Phi) is 8.38. The summed E-state index contributed by atoms with van der Waals surface area (Å²) in [6.07, 6.45) is 4.99. The first-order chi connectivity index (χ1) is 15.5. The Morgan fingerprint density at radius 2 is 1.78 bits per heavy atom. The number of fused-ring (bicyclic) bond motifs is 1. The summed E-state index contributed by atoms with van der Waals surface area (Å²) in [7, 11) is 0. The zero-order valence-corrected chi connectivity index (χ0v) is 19.2. The molecular formula is C24H40F2N4O2. The normalized spacial score (nSPS) is 36.0. The fourth-order valence-corrected chi connectivity index (χ4v) is 6.10. The topological polar surface area (TPSA) is 73.5 Å². The van der Waals surface area contributed by atoms with Crippen molar-refractivity contribution in [2.75, 3.05) is 32.7 Å². The molecule has 6 unspecified atom stereocenters. The number of rotatable bonds is 7. The van der Waals surface area contributed by atoms with Crippen molar-refractivity contribution in [2.45, 2.75) is 88.6 Å².